The highest BCUT2D eigenvalue weighted by molar-refractivity contribution is 7.18. The van der Waals surface area contributed by atoms with E-state index in [0.717, 1.165) is 28.6 Å². The van der Waals surface area contributed by atoms with E-state index in [1.54, 1.807) is 11.3 Å². The van der Waals surface area contributed by atoms with Crippen LogP contribution < -0.4 is 5.43 Å². The maximum Gasteiger partial charge on any atom is 0.307 e. The number of hydrogen-bond acceptors (Lipinski definition) is 5. The van der Waals surface area contributed by atoms with Gasteiger partial charge in [0.2, 0.25) is 0 Å². The molecule has 0 bridgehead atoms. The molecule has 116 valence electrons. The number of carbonyl (C=O) groups is 1. The minimum Gasteiger partial charge on any atom is -0.466 e. The fourth-order valence-corrected chi connectivity index (χ4v) is 3.98. The number of benzene rings is 1. The average molecular weight is 317 g/mol. The first-order chi connectivity index (χ1) is 10.7. The van der Waals surface area contributed by atoms with Crippen molar-refractivity contribution in [3.63, 3.8) is 0 Å². The van der Waals surface area contributed by atoms with Crippen molar-refractivity contribution in [3.8, 4) is 0 Å². The molecule has 0 amide bonds. The number of rotatable bonds is 4. The Hall–Kier alpha value is -1.72. The first-order valence-electron chi connectivity index (χ1n) is 7.60. The van der Waals surface area contributed by atoms with Gasteiger partial charge in [0, 0.05) is 40.2 Å². The Kier molecular flexibility index (Phi) is 4.55. The average Bonchev–Trinajstić information content (AvgIpc) is 2.54. The zero-order chi connectivity index (χ0) is 15.5. The highest BCUT2D eigenvalue weighted by Crippen LogP contribution is 2.26. The molecule has 22 heavy (non-hydrogen) atoms. The Balaban J connectivity index is 1.79. The molecular formula is C17H19NO3S. The van der Waals surface area contributed by atoms with E-state index in [0.29, 0.717) is 26.1 Å². The number of esters is 1. The van der Waals surface area contributed by atoms with Crippen molar-refractivity contribution < 1.29 is 9.53 Å². The molecular weight excluding hydrogens is 298 g/mol. The minimum absolute atomic E-state index is 0.144. The summed E-state index contributed by atoms with van der Waals surface area (Å²) in [4.78, 5) is 27.5. The third kappa shape index (κ3) is 3.05. The lowest BCUT2D eigenvalue weighted by molar-refractivity contribution is -0.143. The van der Waals surface area contributed by atoms with E-state index >= 15 is 0 Å². The first kappa shape index (κ1) is 15.2. The molecule has 0 atom stereocenters. The second-order valence-electron chi connectivity index (χ2n) is 5.41. The van der Waals surface area contributed by atoms with Crippen LogP contribution in [0, 0.1) is 0 Å². The van der Waals surface area contributed by atoms with E-state index in [1.165, 1.54) is 4.88 Å². The van der Waals surface area contributed by atoms with E-state index < -0.39 is 0 Å². The van der Waals surface area contributed by atoms with Gasteiger partial charge in [-0.1, -0.05) is 12.1 Å². The monoisotopic (exact) mass is 317 g/mol. The van der Waals surface area contributed by atoms with Crippen LogP contribution in [0.3, 0.4) is 0 Å². The van der Waals surface area contributed by atoms with Crippen LogP contribution in [0.2, 0.25) is 0 Å². The fraction of sp³-hybridized carbons (Fsp3) is 0.412. The zero-order valence-electron chi connectivity index (χ0n) is 12.6. The van der Waals surface area contributed by atoms with Crippen molar-refractivity contribution >= 4 is 27.4 Å². The predicted octanol–water partition coefficient (Wildman–Crippen LogP) is 2.57. The van der Waals surface area contributed by atoms with Crippen LogP contribution in [0.15, 0.2) is 29.1 Å². The van der Waals surface area contributed by atoms with E-state index in [1.807, 2.05) is 31.2 Å². The standard InChI is InChI=1S/C17H19NO3S/c1-2-21-16(19)8-10-18-9-7-15-13(11-18)17(20)12-5-3-4-6-14(12)22-15/h3-6H,2,7-11H2,1H3. The van der Waals surface area contributed by atoms with Gasteiger partial charge in [-0.05, 0) is 25.5 Å². The molecule has 5 heteroatoms. The van der Waals surface area contributed by atoms with Crippen LogP contribution in [-0.4, -0.2) is 30.6 Å². The third-order valence-electron chi connectivity index (χ3n) is 3.95. The number of carbonyl (C=O) groups excluding carboxylic acids is 1. The quantitative estimate of drug-likeness (QED) is 0.813. The maximum atomic E-state index is 12.6. The number of fused-ring (bicyclic) bond motifs is 2. The molecule has 0 fully saturated rings. The van der Waals surface area contributed by atoms with Crippen molar-refractivity contribution in [2.75, 3.05) is 19.7 Å². The summed E-state index contributed by atoms with van der Waals surface area (Å²) in [6.45, 7) is 4.40. The number of hydrogen-bond donors (Lipinski definition) is 0. The summed E-state index contributed by atoms with van der Waals surface area (Å²) in [5.41, 5.74) is 1.05. The highest BCUT2D eigenvalue weighted by Gasteiger charge is 2.21. The van der Waals surface area contributed by atoms with E-state index in [9.17, 15) is 9.59 Å². The molecule has 3 rings (SSSR count). The largest absolute Gasteiger partial charge is 0.466 e. The topological polar surface area (TPSA) is 46.6 Å². The third-order valence-corrected chi connectivity index (χ3v) is 5.22. The van der Waals surface area contributed by atoms with Crippen LogP contribution in [0.1, 0.15) is 23.8 Å². The number of ether oxygens (including phenoxy) is 1. The Bertz CT molecular complexity index is 753. The second-order valence-corrected chi connectivity index (χ2v) is 6.55. The fourth-order valence-electron chi connectivity index (χ4n) is 2.82. The summed E-state index contributed by atoms with van der Waals surface area (Å²) in [7, 11) is 0. The molecule has 1 aliphatic rings. The summed E-state index contributed by atoms with van der Waals surface area (Å²) in [5, 5.41) is 0.804. The van der Waals surface area contributed by atoms with Gasteiger partial charge in [-0.25, -0.2) is 0 Å². The summed E-state index contributed by atoms with van der Waals surface area (Å²) in [6.07, 6.45) is 1.26. The lowest BCUT2D eigenvalue weighted by atomic mass is 10.1. The molecule has 1 aromatic heterocycles. The van der Waals surface area contributed by atoms with Crippen LogP contribution in [0.25, 0.3) is 10.1 Å². The van der Waals surface area contributed by atoms with Crippen LogP contribution >= 0.6 is 11.3 Å². The van der Waals surface area contributed by atoms with Gasteiger partial charge in [-0.15, -0.1) is 11.3 Å². The Labute approximate surface area is 133 Å². The van der Waals surface area contributed by atoms with E-state index in [-0.39, 0.29) is 11.4 Å². The van der Waals surface area contributed by atoms with Crippen LogP contribution in [0.5, 0.6) is 0 Å². The van der Waals surface area contributed by atoms with Gasteiger partial charge in [0.25, 0.3) is 0 Å². The molecule has 0 saturated heterocycles. The molecule has 4 nitrogen and oxygen atoms in total. The van der Waals surface area contributed by atoms with E-state index in [4.69, 9.17) is 4.74 Å². The maximum absolute atomic E-state index is 12.6. The molecule has 0 aliphatic carbocycles. The summed E-state index contributed by atoms with van der Waals surface area (Å²) in [6, 6.07) is 7.78. The van der Waals surface area contributed by atoms with Gasteiger partial charge in [-0.3, -0.25) is 14.5 Å². The molecule has 0 radical (unpaired) electrons. The summed E-state index contributed by atoms with van der Waals surface area (Å²) < 4.78 is 6.02. The summed E-state index contributed by atoms with van der Waals surface area (Å²) in [5.74, 6) is -0.169. The highest BCUT2D eigenvalue weighted by atomic mass is 32.1. The molecule has 0 N–H and O–H groups in total. The van der Waals surface area contributed by atoms with Crippen molar-refractivity contribution in [2.45, 2.75) is 26.3 Å². The molecule has 1 aromatic carbocycles. The predicted molar refractivity (Wildman–Crippen MR) is 88.3 cm³/mol. The minimum atomic E-state index is -0.169. The molecule has 2 aromatic rings. The van der Waals surface area contributed by atoms with Gasteiger partial charge in [0.05, 0.1) is 13.0 Å². The van der Waals surface area contributed by atoms with Crippen LogP contribution in [0.4, 0.5) is 0 Å². The first-order valence-corrected chi connectivity index (χ1v) is 8.42. The Morgan fingerprint density at radius 3 is 3.00 bits per heavy atom. The lowest BCUT2D eigenvalue weighted by Crippen LogP contribution is -2.35. The number of nitrogens with zero attached hydrogens (tertiary/aromatic N) is 1. The smallest absolute Gasteiger partial charge is 0.307 e. The Morgan fingerprint density at radius 2 is 2.18 bits per heavy atom. The van der Waals surface area contributed by atoms with Gasteiger partial charge in [-0.2, -0.15) is 0 Å². The molecule has 0 saturated carbocycles. The SMILES string of the molecule is CCOC(=O)CCN1CCc2sc3ccccc3c(=O)c2C1. The van der Waals surface area contributed by atoms with Crippen molar-refractivity contribution in [1.29, 1.82) is 0 Å². The van der Waals surface area contributed by atoms with Gasteiger partial charge in [0.15, 0.2) is 5.43 Å². The molecule has 0 unspecified atom stereocenters. The van der Waals surface area contributed by atoms with Crippen molar-refractivity contribution in [1.82, 2.24) is 4.90 Å². The van der Waals surface area contributed by atoms with Gasteiger partial charge < -0.3 is 4.74 Å². The van der Waals surface area contributed by atoms with Gasteiger partial charge in [0.1, 0.15) is 0 Å². The molecule has 1 aliphatic heterocycles. The van der Waals surface area contributed by atoms with E-state index in [2.05, 4.69) is 4.90 Å². The van der Waals surface area contributed by atoms with Gasteiger partial charge >= 0.3 is 5.97 Å². The van der Waals surface area contributed by atoms with Crippen molar-refractivity contribution in [3.05, 3.63) is 44.9 Å². The van der Waals surface area contributed by atoms with Crippen LogP contribution in [-0.2, 0) is 22.5 Å². The second kappa shape index (κ2) is 6.58. The normalized spacial score (nSPS) is 14.8. The zero-order valence-corrected chi connectivity index (χ0v) is 13.4. The molecule has 2 heterocycles. The Morgan fingerprint density at radius 1 is 1.36 bits per heavy atom. The molecule has 0 spiro atoms. The summed E-state index contributed by atoms with van der Waals surface area (Å²) >= 11 is 1.72. The van der Waals surface area contributed by atoms with Crippen molar-refractivity contribution in [2.24, 2.45) is 0 Å². The lowest BCUT2D eigenvalue weighted by Gasteiger charge is -2.27.